The summed E-state index contributed by atoms with van der Waals surface area (Å²) in [6, 6.07) is 10.1. The van der Waals surface area contributed by atoms with Gasteiger partial charge in [0, 0.05) is 25.5 Å². The van der Waals surface area contributed by atoms with Crippen LogP contribution >= 0.6 is 35.1 Å². The molecule has 0 bridgehead atoms. The van der Waals surface area contributed by atoms with E-state index >= 15 is 0 Å². The van der Waals surface area contributed by atoms with Gasteiger partial charge in [0.15, 0.2) is 5.13 Å². The molecule has 0 aliphatic rings. The molecular weight excluding hydrogens is 412 g/mol. The zero-order valence-electron chi connectivity index (χ0n) is 15.4. The van der Waals surface area contributed by atoms with Crippen LogP contribution in [-0.2, 0) is 13.0 Å². The molecule has 4 rings (SSSR count). The summed E-state index contributed by atoms with van der Waals surface area (Å²) in [7, 11) is 0. The number of imidazole rings is 1. The summed E-state index contributed by atoms with van der Waals surface area (Å²) >= 11 is 3.06. The van der Waals surface area contributed by atoms with E-state index in [0.717, 1.165) is 39.6 Å². The highest BCUT2D eigenvalue weighted by atomic mass is 35.5. The first kappa shape index (κ1) is 20.5. The van der Waals surface area contributed by atoms with Crippen molar-refractivity contribution in [3.8, 4) is 0 Å². The lowest BCUT2D eigenvalue weighted by molar-refractivity contribution is 0.0990. The van der Waals surface area contributed by atoms with Gasteiger partial charge in [0.1, 0.15) is 0 Å². The molecule has 5 nitrogen and oxygen atoms in total. The molecule has 1 amide bonds. The Morgan fingerprint density at radius 3 is 2.89 bits per heavy atom. The van der Waals surface area contributed by atoms with Crippen LogP contribution < -0.4 is 4.90 Å². The van der Waals surface area contributed by atoms with Crippen LogP contribution in [0.4, 0.5) is 5.13 Å². The number of rotatable bonds is 7. The minimum absolute atomic E-state index is 0. The van der Waals surface area contributed by atoms with E-state index in [0.29, 0.717) is 6.54 Å². The molecule has 0 saturated carbocycles. The van der Waals surface area contributed by atoms with Crippen LogP contribution in [0.2, 0.25) is 0 Å². The van der Waals surface area contributed by atoms with Crippen molar-refractivity contribution in [1.29, 1.82) is 0 Å². The fourth-order valence-corrected chi connectivity index (χ4v) is 4.67. The second-order valence-electron chi connectivity index (χ2n) is 6.24. The summed E-state index contributed by atoms with van der Waals surface area (Å²) in [5.74, 6) is 0.0189. The minimum Gasteiger partial charge on any atom is -0.337 e. The second kappa shape index (κ2) is 9.32. The lowest BCUT2D eigenvalue weighted by atomic mass is 10.2. The summed E-state index contributed by atoms with van der Waals surface area (Å²) in [4.78, 5) is 24.5. The maximum absolute atomic E-state index is 13.1. The quantitative estimate of drug-likeness (QED) is 0.399. The van der Waals surface area contributed by atoms with Crippen molar-refractivity contribution in [2.24, 2.45) is 0 Å². The molecule has 4 aromatic rings. The molecule has 0 unspecified atom stereocenters. The Bertz CT molecular complexity index is 1030. The van der Waals surface area contributed by atoms with Gasteiger partial charge >= 0.3 is 0 Å². The normalized spacial score (nSPS) is 10.8. The van der Waals surface area contributed by atoms with Gasteiger partial charge in [0.25, 0.3) is 5.91 Å². The lowest BCUT2D eigenvalue weighted by Gasteiger charge is -2.19. The van der Waals surface area contributed by atoms with Crippen molar-refractivity contribution >= 4 is 56.3 Å². The number of halogens is 1. The van der Waals surface area contributed by atoms with Gasteiger partial charge in [-0.25, -0.2) is 9.97 Å². The summed E-state index contributed by atoms with van der Waals surface area (Å²) in [5.41, 5.74) is 2.24. The highest BCUT2D eigenvalue weighted by Gasteiger charge is 2.21. The molecule has 28 heavy (non-hydrogen) atoms. The fourth-order valence-electron chi connectivity index (χ4n) is 2.94. The average molecular weight is 433 g/mol. The smallest absolute Gasteiger partial charge is 0.270 e. The molecule has 0 aliphatic carbocycles. The Morgan fingerprint density at radius 2 is 2.18 bits per heavy atom. The third-order valence-electron chi connectivity index (χ3n) is 4.42. The standard InChI is InChI=1S/C20H20N4OS2.ClH/c1-2-15-6-7-16-18(13-15)27-20(22-16)24(19(25)17-5-3-12-26-17)10-4-9-23-11-8-21-14-23;/h3,5-8,11-14H,2,4,9-10H2,1H3;1H. The van der Waals surface area contributed by atoms with Crippen molar-refractivity contribution < 1.29 is 4.79 Å². The Morgan fingerprint density at radius 1 is 1.29 bits per heavy atom. The Balaban J connectivity index is 0.00000225. The van der Waals surface area contributed by atoms with E-state index in [1.54, 1.807) is 23.9 Å². The maximum atomic E-state index is 13.1. The number of aromatic nitrogens is 3. The highest BCUT2D eigenvalue weighted by Crippen LogP contribution is 2.31. The molecule has 0 saturated heterocycles. The SMILES string of the molecule is CCc1ccc2nc(N(CCCn3ccnc3)C(=O)c3cccs3)sc2c1.Cl. The van der Waals surface area contributed by atoms with Crippen molar-refractivity contribution in [1.82, 2.24) is 14.5 Å². The van der Waals surface area contributed by atoms with Crippen LogP contribution in [0.25, 0.3) is 10.2 Å². The number of amides is 1. The molecule has 0 atom stereocenters. The average Bonchev–Trinajstić information content (AvgIpc) is 3.45. The molecule has 0 N–H and O–H groups in total. The number of benzene rings is 1. The zero-order chi connectivity index (χ0) is 18.6. The monoisotopic (exact) mass is 432 g/mol. The number of fused-ring (bicyclic) bond motifs is 1. The first-order valence-electron chi connectivity index (χ1n) is 8.95. The van der Waals surface area contributed by atoms with Gasteiger partial charge in [-0.15, -0.1) is 23.7 Å². The molecule has 3 aromatic heterocycles. The number of aryl methyl sites for hydroxylation is 2. The van der Waals surface area contributed by atoms with Crippen molar-refractivity contribution in [3.63, 3.8) is 0 Å². The van der Waals surface area contributed by atoms with E-state index < -0.39 is 0 Å². The minimum atomic E-state index is 0. The Hall–Kier alpha value is -2.22. The number of anilines is 1. The zero-order valence-corrected chi connectivity index (χ0v) is 17.9. The van der Waals surface area contributed by atoms with Gasteiger partial charge < -0.3 is 4.57 Å². The van der Waals surface area contributed by atoms with E-state index in [2.05, 4.69) is 24.0 Å². The van der Waals surface area contributed by atoms with E-state index in [9.17, 15) is 4.79 Å². The molecule has 0 fully saturated rings. The first-order valence-corrected chi connectivity index (χ1v) is 10.6. The van der Waals surface area contributed by atoms with Crippen LogP contribution in [0.15, 0.2) is 54.4 Å². The maximum Gasteiger partial charge on any atom is 0.270 e. The first-order chi connectivity index (χ1) is 13.2. The fraction of sp³-hybridized carbons (Fsp3) is 0.250. The van der Waals surface area contributed by atoms with E-state index in [-0.39, 0.29) is 18.3 Å². The van der Waals surface area contributed by atoms with Crippen LogP contribution in [0.1, 0.15) is 28.6 Å². The molecule has 3 heterocycles. The number of hydrogen-bond donors (Lipinski definition) is 0. The highest BCUT2D eigenvalue weighted by molar-refractivity contribution is 7.22. The largest absolute Gasteiger partial charge is 0.337 e. The Kier molecular flexibility index (Phi) is 6.83. The molecule has 0 aliphatic heterocycles. The number of thiophene rings is 1. The Labute approximate surface area is 178 Å². The van der Waals surface area contributed by atoms with Gasteiger partial charge in [-0.3, -0.25) is 9.69 Å². The van der Waals surface area contributed by atoms with E-state index in [1.807, 2.05) is 39.2 Å². The van der Waals surface area contributed by atoms with Gasteiger partial charge in [-0.2, -0.15) is 0 Å². The molecular formula is C20H21ClN4OS2. The van der Waals surface area contributed by atoms with Gasteiger partial charge in [-0.05, 0) is 42.0 Å². The summed E-state index contributed by atoms with van der Waals surface area (Å²) < 4.78 is 3.16. The molecule has 8 heteroatoms. The van der Waals surface area contributed by atoms with Crippen LogP contribution in [0.5, 0.6) is 0 Å². The van der Waals surface area contributed by atoms with E-state index in [1.165, 1.54) is 16.9 Å². The topological polar surface area (TPSA) is 51.0 Å². The van der Waals surface area contributed by atoms with Crippen molar-refractivity contribution in [2.45, 2.75) is 26.3 Å². The van der Waals surface area contributed by atoms with E-state index in [4.69, 9.17) is 4.98 Å². The van der Waals surface area contributed by atoms with Crippen molar-refractivity contribution in [2.75, 3.05) is 11.4 Å². The van der Waals surface area contributed by atoms with Gasteiger partial charge in [-0.1, -0.05) is 30.4 Å². The predicted molar refractivity (Wildman–Crippen MR) is 119 cm³/mol. The summed E-state index contributed by atoms with van der Waals surface area (Å²) in [6.45, 7) is 3.58. The van der Waals surface area contributed by atoms with Gasteiger partial charge in [0.2, 0.25) is 0 Å². The van der Waals surface area contributed by atoms with Crippen LogP contribution in [0.3, 0.4) is 0 Å². The summed E-state index contributed by atoms with van der Waals surface area (Å²) in [6.07, 6.45) is 7.34. The third kappa shape index (κ3) is 4.43. The molecule has 1 aromatic carbocycles. The summed E-state index contributed by atoms with van der Waals surface area (Å²) in [5, 5.41) is 2.70. The third-order valence-corrected chi connectivity index (χ3v) is 6.31. The number of carbonyl (C=O) groups excluding carboxylic acids is 1. The number of carbonyl (C=O) groups is 1. The number of thiazole rings is 1. The molecule has 146 valence electrons. The number of hydrogen-bond acceptors (Lipinski definition) is 5. The van der Waals surface area contributed by atoms with Crippen molar-refractivity contribution in [3.05, 3.63) is 64.9 Å². The lowest BCUT2D eigenvalue weighted by Crippen LogP contribution is -2.31. The second-order valence-corrected chi connectivity index (χ2v) is 8.20. The molecule has 0 radical (unpaired) electrons. The van der Waals surface area contributed by atoms with Crippen LogP contribution in [0, 0.1) is 0 Å². The predicted octanol–water partition coefficient (Wildman–Crippen LogP) is 5.28. The van der Waals surface area contributed by atoms with Crippen LogP contribution in [-0.4, -0.2) is 27.0 Å². The van der Waals surface area contributed by atoms with Gasteiger partial charge in [0.05, 0.1) is 21.4 Å². The number of nitrogens with zero attached hydrogens (tertiary/aromatic N) is 4. The molecule has 0 spiro atoms.